The van der Waals surface area contributed by atoms with Gasteiger partial charge in [0, 0.05) is 22.0 Å². The van der Waals surface area contributed by atoms with E-state index in [2.05, 4.69) is 31.1 Å². The Morgan fingerprint density at radius 3 is 2.58 bits per heavy atom. The van der Waals surface area contributed by atoms with Gasteiger partial charge in [-0.2, -0.15) is 0 Å². The van der Waals surface area contributed by atoms with Gasteiger partial charge in [-0.15, -0.1) is 11.3 Å². The molecular formula is C31H33N3O5S. The van der Waals surface area contributed by atoms with Crippen molar-refractivity contribution < 1.29 is 23.8 Å². The number of pyridine rings is 1. The molecule has 8 nitrogen and oxygen atoms in total. The zero-order chi connectivity index (χ0) is 28.4. The number of fused-ring (bicyclic) bond motifs is 2. The minimum absolute atomic E-state index is 0.105. The van der Waals surface area contributed by atoms with Crippen molar-refractivity contribution in [2.45, 2.75) is 40.0 Å². The molecule has 1 aliphatic carbocycles. The van der Waals surface area contributed by atoms with Crippen molar-refractivity contribution in [3.05, 3.63) is 64.7 Å². The van der Waals surface area contributed by atoms with Gasteiger partial charge in [0.05, 0.1) is 31.0 Å². The number of hydrogen-bond acceptors (Lipinski definition) is 8. The summed E-state index contributed by atoms with van der Waals surface area (Å²) in [6, 6.07) is 13.1. The number of nitrogens with zero attached hydrogens (tertiary/aromatic N) is 2. The molecule has 40 heavy (non-hydrogen) atoms. The van der Waals surface area contributed by atoms with Crippen molar-refractivity contribution >= 4 is 39.2 Å². The Kier molecular flexibility index (Phi) is 7.76. The van der Waals surface area contributed by atoms with E-state index in [1.165, 1.54) is 11.3 Å². The van der Waals surface area contributed by atoms with E-state index in [1.807, 2.05) is 41.8 Å². The lowest BCUT2D eigenvalue weighted by Crippen LogP contribution is -2.29. The number of methoxy groups -OCH3 is 2. The van der Waals surface area contributed by atoms with Crippen LogP contribution in [0.5, 0.6) is 11.5 Å². The highest BCUT2D eigenvalue weighted by Crippen LogP contribution is 2.39. The van der Waals surface area contributed by atoms with E-state index in [4.69, 9.17) is 19.2 Å². The monoisotopic (exact) mass is 559 g/mol. The Labute approximate surface area is 237 Å². The van der Waals surface area contributed by atoms with Gasteiger partial charge in [0.1, 0.15) is 0 Å². The van der Waals surface area contributed by atoms with Gasteiger partial charge in [-0.25, -0.2) is 9.78 Å². The van der Waals surface area contributed by atoms with Gasteiger partial charge in [-0.3, -0.25) is 15.1 Å². The van der Waals surface area contributed by atoms with Gasteiger partial charge < -0.3 is 14.2 Å². The number of nitrogens with one attached hydrogen (secondary N) is 1. The lowest BCUT2D eigenvalue weighted by molar-refractivity contribution is -0.119. The van der Waals surface area contributed by atoms with E-state index in [-0.39, 0.29) is 5.41 Å². The Balaban J connectivity index is 1.31. The van der Waals surface area contributed by atoms with E-state index in [9.17, 15) is 9.59 Å². The maximum absolute atomic E-state index is 13.5. The predicted octanol–water partition coefficient (Wildman–Crippen LogP) is 6.32. The normalized spacial score (nSPS) is 14.9. The van der Waals surface area contributed by atoms with Crippen molar-refractivity contribution in [2.24, 2.45) is 11.3 Å². The van der Waals surface area contributed by atoms with Crippen LogP contribution in [-0.2, 0) is 22.4 Å². The molecule has 1 unspecified atom stereocenters. The highest BCUT2D eigenvalue weighted by atomic mass is 32.1. The number of esters is 1. The summed E-state index contributed by atoms with van der Waals surface area (Å²) >= 11 is 1.29. The Morgan fingerprint density at radius 2 is 1.82 bits per heavy atom. The van der Waals surface area contributed by atoms with Crippen LogP contribution in [0.25, 0.3) is 22.2 Å². The maximum Gasteiger partial charge on any atom is 0.339 e. The van der Waals surface area contributed by atoms with E-state index in [1.54, 1.807) is 20.3 Å². The summed E-state index contributed by atoms with van der Waals surface area (Å²) < 4.78 is 16.2. The second-order valence-corrected chi connectivity index (χ2v) is 11.8. The molecule has 1 aliphatic rings. The fourth-order valence-corrected chi connectivity index (χ4v) is 5.91. The van der Waals surface area contributed by atoms with E-state index in [0.29, 0.717) is 33.8 Å². The zero-order valence-corrected chi connectivity index (χ0v) is 24.2. The fourth-order valence-electron chi connectivity index (χ4n) is 5.18. The van der Waals surface area contributed by atoms with Crippen molar-refractivity contribution in [1.82, 2.24) is 9.97 Å². The minimum Gasteiger partial charge on any atom is -0.493 e. The predicted molar refractivity (Wildman–Crippen MR) is 156 cm³/mol. The summed E-state index contributed by atoms with van der Waals surface area (Å²) in [5.41, 5.74) is 4.78. The third-order valence-corrected chi connectivity index (χ3v) is 8.21. The van der Waals surface area contributed by atoms with Crippen LogP contribution >= 0.6 is 11.3 Å². The number of amides is 1. The number of anilines is 1. The fraction of sp³-hybridized carbons (Fsp3) is 0.355. The molecule has 2 aromatic carbocycles. The Hall–Kier alpha value is -3.98. The van der Waals surface area contributed by atoms with Crippen LogP contribution in [0.15, 0.2) is 47.8 Å². The van der Waals surface area contributed by atoms with Crippen LogP contribution < -0.4 is 14.8 Å². The number of benzene rings is 2. The van der Waals surface area contributed by atoms with Gasteiger partial charge >= 0.3 is 5.97 Å². The number of aryl methyl sites for hydroxylation is 1. The number of aromatic nitrogens is 2. The van der Waals surface area contributed by atoms with E-state index in [0.717, 1.165) is 47.0 Å². The zero-order valence-electron chi connectivity index (χ0n) is 23.4. The molecule has 2 aromatic heterocycles. The number of carbonyl (C=O) groups is 2. The van der Waals surface area contributed by atoms with Crippen molar-refractivity contribution in [3.8, 4) is 22.8 Å². The van der Waals surface area contributed by atoms with E-state index < -0.39 is 18.5 Å². The molecule has 0 bridgehead atoms. The Bertz CT molecular complexity index is 1570. The average molecular weight is 560 g/mol. The first-order chi connectivity index (χ1) is 19.2. The standard InChI is InChI=1S/C31H33N3O5S/c1-31(2,3)19-11-12-23-21(15-19)28(20-8-6-7-9-22(20)32-23)29(36)39-16-27(35)34-30-33-24(17-40-30)18-10-13-25(37-4)26(14-18)38-5/h6-10,13-14,17,19H,11-12,15-16H2,1-5H3,(H,33,34,35). The van der Waals surface area contributed by atoms with Crippen molar-refractivity contribution in [1.29, 1.82) is 0 Å². The summed E-state index contributed by atoms with van der Waals surface area (Å²) in [6.45, 7) is 6.27. The third-order valence-electron chi connectivity index (χ3n) is 7.45. The van der Waals surface area contributed by atoms with Gasteiger partial charge in [0.2, 0.25) is 0 Å². The van der Waals surface area contributed by atoms with Crippen LogP contribution in [0.4, 0.5) is 5.13 Å². The number of carbonyl (C=O) groups excluding carboxylic acids is 2. The number of ether oxygens (including phenoxy) is 3. The number of rotatable bonds is 7. The smallest absolute Gasteiger partial charge is 0.339 e. The molecule has 2 heterocycles. The first kappa shape index (κ1) is 27.6. The van der Waals surface area contributed by atoms with Gasteiger partial charge in [0.25, 0.3) is 5.91 Å². The number of para-hydroxylation sites is 1. The molecule has 1 atom stereocenters. The van der Waals surface area contributed by atoms with Gasteiger partial charge in [-0.1, -0.05) is 39.0 Å². The molecule has 9 heteroatoms. The molecule has 0 radical (unpaired) electrons. The molecule has 4 aromatic rings. The summed E-state index contributed by atoms with van der Waals surface area (Å²) in [4.78, 5) is 35.6. The average Bonchev–Trinajstić information content (AvgIpc) is 3.41. The highest BCUT2D eigenvalue weighted by Gasteiger charge is 2.33. The molecule has 1 N–H and O–H groups in total. The maximum atomic E-state index is 13.5. The lowest BCUT2D eigenvalue weighted by atomic mass is 9.70. The van der Waals surface area contributed by atoms with E-state index >= 15 is 0 Å². The minimum atomic E-state index is -0.510. The molecule has 0 saturated carbocycles. The first-order valence-corrected chi connectivity index (χ1v) is 14.1. The molecule has 1 amide bonds. The third kappa shape index (κ3) is 5.65. The topological polar surface area (TPSA) is 99.6 Å². The molecule has 0 aliphatic heterocycles. The summed E-state index contributed by atoms with van der Waals surface area (Å²) in [5, 5.41) is 5.74. The SMILES string of the molecule is COc1ccc(-c2csc(NC(=O)COC(=O)c3c4c(nc5ccccc35)CCC(C(C)(C)C)C4)n2)cc1OC. The molecule has 0 spiro atoms. The molecule has 0 saturated heterocycles. The van der Waals surface area contributed by atoms with Gasteiger partial charge in [-0.05, 0) is 60.4 Å². The summed E-state index contributed by atoms with van der Waals surface area (Å²) in [5.74, 6) is 0.660. The number of thiazole rings is 1. The van der Waals surface area contributed by atoms with Crippen molar-refractivity contribution in [2.75, 3.05) is 26.1 Å². The number of hydrogen-bond donors (Lipinski definition) is 1. The quantitative estimate of drug-likeness (QED) is 0.264. The molecule has 208 valence electrons. The van der Waals surface area contributed by atoms with Crippen molar-refractivity contribution in [3.63, 3.8) is 0 Å². The second-order valence-electron chi connectivity index (χ2n) is 11.0. The largest absolute Gasteiger partial charge is 0.493 e. The Morgan fingerprint density at radius 1 is 1.05 bits per heavy atom. The van der Waals surface area contributed by atoms with Crippen LogP contribution in [0.1, 0.15) is 48.8 Å². The summed E-state index contributed by atoms with van der Waals surface area (Å²) in [7, 11) is 3.15. The molecule has 5 rings (SSSR count). The van der Waals surface area contributed by atoms with Crippen LogP contribution in [0.3, 0.4) is 0 Å². The summed E-state index contributed by atoms with van der Waals surface area (Å²) in [6.07, 6.45) is 2.60. The van der Waals surface area contributed by atoms with Crippen LogP contribution in [0, 0.1) is 11.3 Å². The highest BCUT2D eigenvalue weighted by molar-refractivity contribution is 7.14. The molecular weight excluding hydrogens is 526 g/mol. The lowest BCUT2D eigenvalue weighted by Gasteiger charge is -2.35. The van der Waals surface area contributed by atoms with Gasteiger partial charge in [0.15, 0.2) is 23.2 Å². The molecule has 0 fully saturated rings. The first-order valence-electron chi connectivity index (χ1n) is 13.2. The van der Waals surface area contributed by atoms with Crippen LogP contribution in [0.2, 0.25) is 0 Å². The van der Waals surface area contributed by atoms with Crippen LogP contribution in [-0.4, -0.2) is 42.7 Å². The second kappa shape index (κ2) is 11.3.